The summed E-state index contributed by atoms with van der Waals surface area (Å²) in [5, 5.41) is 12.8. The molecule has 0 aliphatic rings. The van der Waals surface area contributed by atoms with E-state index in [9.17, 15) is 18.5 Å². The second-order valence-corrected chi connectivity index (χ2v) is 9.85. The zero-order valence-corrected chi connectivity index (χ0v) is 21.9. The van der Waals surface area contributed by atoms with Crippen molar-refractivity contribution < 1.29 is 22.1 Å². The number of para-hydroxylation sites is 1. The summed E-state index contributed by atoms with van der Waals surface area (Å²) in [5.74, 6) is -0.440. The zero-order chi connectivity index (χ0) is 27.0. The fourth-order valence-corrected chi connectivity index (χ4v) is 4.51. The topological polar surface area (TPSA) is 105 Å². The number of hydrogen-bond acceptors (Lipinski definition) is 6. The van der Waals surface area contributed by atoms with Gasteiger partial charge in [0, 0.05) is 16.3 Å². The second kappa shape index (κ2) is 12.3. The van der Waals surface area contributed by atoms with Gasteiger partial charge in [-0.25, -0.2) is 0 Å². The molecule has 0 radical (unpaired) electrons. The fraction of sp³-hybridized carbons (Fsp3) is 0.143. The van der Waals surface area contributed by atoms with Crippen LogP contribution in [-0.2, 0) is 21.3 Å². The maximum Gasteiger partial charge on any atom is 0.339 e. The van der Waals surface area contributed by atoms with Gasteiger partial charge >= 0.3 is 10.1 Å². The molecule has 0 unspecified atom stereocenters. The van der Waals surface area contributed by atoms with Crippen LogP contribution in [0, 0.1) is 18.3 Å². The van der Waals surface area contributed by atoms with Gasteiger partial charge in [0.25, 0.3) is 5.91 Å². The van der Waals surface area contributed by atoms with Gasteiger partial charge < -0.3 is 14.2 Å². The molecule has 0 bridgehead atoms. The average molecular weight is 537 g/mol. The second-order valence-electron chi connectivity index (χ2n) is 7.86. The highest BCUT2D eigenvalue weighted by molar-refractivity contribution is 7.87. The first-order chi connectivity index (χ1) is 17.7. The molecule has 0 saturated heterocycles. The molecule has 1 amide bonds. The van der Waals surface area contributed by atoms with Gasteiger partial charge in [-0.3, -0.25) is 4.79 Å². The third kappa shape index (κ3) is 7.00. The van der Waals surface area contributed by atoms with Crippen molar-refractivity contribution in [2.24, 2.45) is 0 Å². The summed E-state index contributed by atoms with van der Waals surface area (Å²) in [6.07, 6.45) is 3.22. The average Bonchev–Trinajstić information content (AvgIpc) is 2.86. The van der Waals surface area contributed by atoms with E-state index in [4.69, 9.17) is 20.5 Å². The molecule has 0 fully saturated rings. The van der Waals surface area contributed by atoms with Gasteiger partial charge in [-0.15, -0.1) is 6.58 Å². The monoisotopic (exact) mass is 536 g/mol. The lowest BCUT2D eigenvalue weighted by atomic mass is 10.0. The van der Waals surface area contributed by atoms with Crippen LogP contribution in [0.3, 0.4) is 0 Å². The van der Waals surface area contributed by atoms with E-state index in [1.165, 1.54) is 36.4 Å². The van der Waals surface area contributed by atoms with Gasteiger partial charge in [0.15, 0.2) is 11.5 Å². The number of nitriles is 1. The van der Waals surface area contributed by atoms with E-state index < -0.39 is 16.0 Å². The Balaban J connectivity index is 2.03. The maximum atomic E-state index is 13.0. The number of nitrogens with zero attached hydrogens (tertiary/aromatic N) is 1. The molecule has 3 aromatic carbocycles. The molecule has 1 N–H and O–H groups in total. The van der Waals surface area contributed by atoms with Crippen molar-refractivity contribution in [3.63, 3.8) is 0 Å². The summed E-state index contributed by atoms with van der Waals surface area (Å²) in [7, 11) is -4.21. The largest absolute Gasteiger partial charge is 0.490 e. The molecule has 0 aliphatic carbocycles. The van der Waals surface area contributed by atoms with Gasteiger partial charge in [0.05, 0.1) is 6.61 Å². The summed E-state index contributed by atoms with van der Waals surface area (Å²) in [6, 6.07) is 17.9. The standard InChI is InChI=1S/C28H25ClN2O5S/c1-4-8-21-15-20(16-22(18-30)28(32)31-25-10-7-6-9-19(25)3)17-26(35-5-2)27(21)36-37(33,34)24-13-11-23(29)12-14-24/h4,6-7,9-17H,1,5,8H2,2-3H3,(H,31,32)/b22-16+. The lowest BCUT2D eigenvalue weighted by Gasteiger charge is -2.16. The minimum Gasteiger partial charge on any atom is -0.490 e. The first-order valence-corrected chi connectivity index (χ1v) is 13.1. The highest BCUT2D eigenvalue weighted by Crippen LogP contribution is 2.37. The number of anilines is 1. The number of ether oxygens (including phenoxy) is 1. The number of aryl methyl sites for hydroxylation is 1. The van der Waals surface area contributed by atoms with Crippen molar-refractivity contribution in [2.45, 2.75) is 25.2 Å². The molecule has 0 spiro atoms. The maximum absolute atomic E-state index is 13.0. The first kappa shape index (κ1) is 27.5. The fourth-order valence-electron chi connectivity index (χ4n) is 3.41. The van der Waals surface area contributed by atoms with E-state index in [1.807, 2.05) is 25.1 Å². The van der Waals surface area contributed by atoms with Crippen LogP contribution in [0.4, 0.5) is 5.69 Å². The Labute approximate surface area is 221 Å². The summed E-state index contributed by atoms with van der Waals surface area (Å²) in [6.45, 7) is 7.54. The molecule has 3 rings (SSSR count). The molecule has 190 valence electrons. The molecule has 0 aliphatic heterocycles. The van der Waals surface area contributed by atoms with Crippen molar-refractivity contribution in [2.75, 3.05) is 11.9 Å². The predicted molar refractivity (Wildman–Crippen MR) is 144 cm³/mol. The molecular weight excluding hydrogens is 512 g/mol. The number of benzene rings is 3. The predicted octanol–water partition coefficient (Wildman–Crippen LogP) is 6.09. The van der Waals surface area contributed by atoms with Crippen molar-refractivity contribution in [3.05, 3.63) is 101 Å². The molecule has 0 saturated carbocycles. The Bertz CT molecular complexity index is 1490. The van der Waals surface area contributed by atoms with Crippen LogP contribution in [0.1, 0.15) is 23.6 Å². The van der Waals surface area contributed by atoms with E-state index in [2.05, 4.69) is 11.9 Å². The van der Waals surface area contributed by atoms with Crippen molar-refractivity contribution >= 4 is 39.4 Å². The van der Waals surface area contributed by atoms with Crippen LogP contribution in [0.15, 0.2) is 83.8 Å². The number of amides is 1. The Hall–Kier alpha value is -4.06. The zero-order valence-electron chi connectivity index (χ0n) is 20.3. The lowest BCUT2D eigenvalue weighted by Crippen LogP contribution is -2.14. The van der Waals surface area contributed by atoms with E-state index in [-0.39, 0.29) is 35.0 Å². The number of allylic oxidation sites excluding steroid dienone is 1. The highest BCUT2D eigenvalue weighted by atomic mass is 35.5. The molecule has 0 aromatic heterocycles. The minimum atomic E-state index is -4.21. The summed E-state index contributed by atoms with van der Waals surface area (Å²) in [5.41, 5.74) is 2.20. The SMILES string of the molecule is C=CCc1cc(/C=C(\C#N)C(=O)Nc2ccccc2C)cc(OCC)c1OS(=O)(=O)c1ccc(Cl)cc1. The smallest absolute Gasteiger partial charge is 0.339 e. The van der Waals surface area contributed by atoms with Gasteiger partial charge in [0.1, 0.15) is 16.5 Å². The highest BCUT2D eigenvalue weighted by Gasteiger charge is 2.23. The van der Waals surface area contributed by atoms with E-state index in [0.717, 1.165) is 5.56 Å². The Morgan fingerprint density at radius 3 is 2.49 bits per heavy atom. The lowest BCUT2D eigenvalue weighted by molar-refractivity contribution is -0.112. The third-order valence-corrected chi connectivity index (χ3v) is 6.67. The van der Waals surface area contributed by atoms with Crippen molar-refractivity contribution in [1.29, 1.82) is 5.26 Å². The van der Waals surface area contributed by atoms with Crippen LogP contribution in [0.5, 0.6) is 11.5 Å². The summed E-state index contributed by atoms with van der Waals surface area (Å²) >= 11 is 5.88. The van der Waals surface area contributed by atoms with E-state index in [0.29, 0.717) is 21.8 Å². The van der Waals surface area contributed by atoms with Crippen LogP contribution >= 0.6 is 11.6 Å². The van der Waals surface area contributed by atoms with Crippen molar-refractivity contribution in [3.8, 4) is 17.6 Å². The molecule has 37 heavy (non-hydrogen) atoms. The Morgan fingerprint density at radius 2 is 1.86 bits per heavy atom. The van der Waals surface area contributed by atoms with Crippen LogP contribution in [-0.4, -0.2) is 20.9 Å². The van der Waals surface area contributed by atoms with Crippen LogP contribution in [0.2, 0.25) is 5.02 Å². The van der Waals surface area contributed by atoms with Gasteiger partial charge in [-0.1, -0.05) is 35.9 Å². The Kier molecular flexibility index (Phi) is 9.12. The number of carbonyl (C=O) groups is 1. The number of rotatable bonds is 10. The van der Waals surface area contributed by atoms with Gasteiger partial charge in [-0.2, -0.15) is 13.7 Å². The number of halogens is 1. The van der Waals surface area contributed by atoms with Gasteiger partial charge in [-0.05, 0) is 79.9 Å². The first-order valence-electron chi connectivity index (χ1n) is 11.3. The molecule has 9 heteroatoms. The third-order valence-electron chi connectivity index (χ3n) is 5.18. The quantitative estimate of drug-likeness (QED) is 0.145. The van der Waals surface area contributed by atoms with Gasteiger partial charge in [0.2, 0.25) is 0 Å². The van der Waals surface area contributed by atoms with E-state index in [1.54, 1.807) is 31.2 Å². The minimum absolute atomic E-state index is 0.00304. The summed E-state index contributed by atoms with van der Waals surface area (Å²) < 4.78 is 37.1. The Morgan fingerprint density at radius 1 is 1.16 bits per heavy atom. The summed E-state index contributed by atoms with van der Waals surface area (Å²) in [4.78, 5) is 12.7. The van der Waals surface area contributed by atoms with Crippen LogP contribution in [0.25, 0.3) is 6.08 Å². The number of carbonyl (C=O) groups excluding carboxylic acids is 1. The molecule has 3 aromatic rings. The number of hydrogen-bond donors (Lipinski definition) is 1. The molecule has 0 atom stereocenters. The number of nitrogens with one attached hydrogen (secondary N) is 1. The van der Waals surface area contributed by atoms with Crippen molar-refractivity contribution in [1.82, 2.24) is 0 Å². The molecular formula is C28H25ClN2O5S. The molecule has 0 heterocycles. The van der Waals surface area contributed by atoms with E-state index >= 15 is 0 Å². The van der Waals surface area contributed by atoms with Crippen LogP contribution < -0.4 is 14.2 Å². The normalized spacial score (nSPS) is 11.4. The molecule has 7 nitrogen and oxygen atoms in total.